The molecular weight excluding hydrogens is 178 g/mol. The zero-order valence-electron chi connectivity index (χ0n) is 6.15. The van der Waals surface area contributed by atoms with E-state index in [4.69, 9.17) is 5.73 Å². The monoisotopic (exact) mass is 185 g/mol. The lowest BCUT2D eigenvalue weighted by Gasteiger charge is -2.11. The molecule has 0 unspecified atom stereocenters. The van der Waals surface area contributed by atoms with Gasteiger partial charge in [-0.25, -0.2) is 0 Å². The van der Waals surface area contributed by atoms with Gasteiger partial charge < -0.3 is 10.6 Å². The maximum absolute atomic E-state index is 10.6. The number of carbonyl (C=O) groups excluding carboxylic acids is 1. The summed E-state index contributed by atoms with van der Waals surface area (Å²) in [5.74, 6) is 1.06. The second-order valence-electron chi connectivity index (χ2n) is 2.39. The van der Waals surface area contributed by atoms with Crippen molar-refractivity contribution < 1.29 is 4.79 Å². The number of primary amides is 1. The fourth-order valence-corrected chi connectivity index (χ4v) is 1.93. The normalized spacial score (nSPS) is 14.8. The number of carbonyl (C=O) groups is 1. The van der Waals surface area contributed by atoms with Crippen LogP contribution in [0.25, 0.3) is 0 Å². The molecule has 2 rings (SSSR count). The van der Waals surface area contributed by atoms with E-state index in [2.05, 4.69) is 15.4 Å². The second-order valence-corrected chi connectivity index (χ2v) is 3.32. The molecule has 1 aliphatic rings. The highest BCUT2D eigenvalue weighted by molar-refractivity contribution is 7.99. The Bertz CT molecular complexity index is 311. The first-order chi connectivity index (χ1) is 5.77. The molecule has 1 aliphatic heterocycles. The minimum atomic E-state index is -0.355. The van der Waals surface area contributed by atoms with Gasteiger partial charge in [0, 0.05) is 0 Å². The first kappa shape index (κ1) is 7.41. The van der Waals surface area contributed by atoms with Crippen LogP contribution < -0.4 is 10.6 Å². The summed E-state index contributed by atoms with van der Waals surface area (Å²) in [4.78, 5) is 12.4. The van der Waals surface area contributed by atoms with Crippen LogP contribution in [0.3, 0.4) is 0 Å². The van der Waals surface area contributed by atoms with Crippen molar-refractivity contribution in [2.75, 3.05) is 17.3 Å². The Labute approximate surface area is 72.5 Å². The topological polar surface area (TPSA) is 87.9 Å². The van der Waals surface area contributed by atoms with E-state index < -0.39 is 0 Å². The summed E-state index contributed by atoms with van der Waals surface area (Å²) in [5.41, 5.74) is 5.05. The predicted molar refractivity (Wildman–Crippen MR) is 43.6 cm³/mol. The summed E-state index contributed by atoms with van der Waals surface area (Å²) in [5, 5.41) is 11.1. The number of anilines is 1. The van der Waals surface area contributed by atoms with E-state index in [-0.39, 0.29) is 12.5 Å². The number of rotatable bonds is 2. The van der Waals surface area contributed by atoms with Crippen LogP contribution in [0.5, 0.6) is 0 Å². The highest BCUT2D eigenvalue weighted by Crippen LogP contribution is 2.33. The second kappa shape index (κ2) is 2.67. The Morgan fingerprint density at radius 3 is 3.33 bits per heavy atom. The van der Waals surface area contributed by atoms with Gasteiger partial charge >= 0.3 is 0 Å². The number of hydrogen-bond acceptors (Lipinski definition) is 5. The maximum Gasteiger partial charge on any atom is 0.237 e. The minimum Gasteiger partial charge on any atom is -0.368 e. The lowest BCUT2D eigenvalue weighted by molar-refractivity contribution is -0.116. The van der Waals surface area contributed by atoms with E-state index in [0.29, 0.717) is 5.88 Å². The van der Waals surface area contributed by atoms with Gasteiger partial charge in [-0.1, -0.05) is 11.8 Å². The van der Waals surface area contributed by atoms with Crippen molar-refractivity contribution in [3.8, 4) is 0 Å². The third kappa shape index (κ3) is 1.11. The number of thioether (sulfide) groups is 1. The van der Waals surface area contributed by atoms with Crippen molar-refractivity contribution in [1.29, 1.82) is 0 Å². The van der Waals surface area contributed by atoms with E-state index in [1.54, 1.807) is 4.90 Å². The minimum absolute atomic E-state index is 0.201. The number of aromatic nitrogens is 3. The van der Waals surface area contributed by atoms with Gasteiger partial charge in [-0.15, -0.1) is 10.2 Å². The van der Waals surface area contributed by atoms with Crippen LogP contribution in [0.2, 0.25) is 0 Å². The van der Waals surface area contributed by atoms with Crippen molar-refractivity contribution in [1.82, 2.24) is 15.4 Å². The fraction of sp³-hybridized carbons (Fsp3) is 0.400. The summed E-state index contributed by atoms with van der Waals surface area (Å²) in [7, 11) is 0. The average Bonchev–Trinajstić information content (AvgIpc) is 2.52. The van der Waals surface area contributed by atoms with Gasteiger partial charge in [-0.2, -0.15) is 5.21 Å². The molecular formula is C5H7N5OS. The van der Waals surface area contributed by atoms with Gasteiger partial charge in [0.05, 0.1) is 12.4 Å². The molecule has 0 fully saturated rings. The van der Waals surface area contributed by atoms with E-state index in [9.17, 15) is 4.79 Å². The molecule has 0 saturated heterocycles. The zero-order valence-corrected chi connectivity index (χ0v) is 6.97. The molecule has 1 aromatic heterocycles. The van der Waals surface area contributed by atoms with Gasteiger partial charge in [0.15, 0.2) is 10.8 Å². The Balaban J connectivity index is 2.17. The van der Waals surface area contributed by atoms with Crippen molar-refractivity contribution in [3.05, 3.63) is 0 Å². The molecule has 0 atom stereocenters. The average molecular weight is 185 g/mol. The van der Waals surface area contributed by atoms with Gasteiger partial charge in [0.25, 0.3) is 0 Å². The van der Waals surface area contributed by atoms with Crippen LogP contribution in [0, 0.1) is 0 Å². The van der Waals surface area contributed by atoms with Crippen molar-refractivity contribution in [2.45, 2.75) is 5.03 Å². The number of nitrogens with one attached hydrogen (secondary N) is 1. The van der Waals surface area contributed by atoms with Crippen molar-refractivity contribution in [3.63, 3.8) is 0 Å². The van der Waals surface area contributed by atoms with Crippen molar-refractivity contribution >= 4 is 23.5 Å². The maximum atomic E-state index is 10.6. The van der Waals surface area contributed by atoms with Gasteiger partial charge in [-0.3, -0.25) is 4.79 Å². The number of aromatic amines is 1. The molecule has 0 radical (unpaired) electrons. The standard InChI is InChI=1S/C5H7N5OS/c6-3(11)1-10-2-12-5-4(10)7-9-8-5/h1-2H2,(H2,6,11)(H,7,8,9). The molecule has 0 aromatic carbocycles. The SMILES string of the molecule is NC(=O)CN1CSc2n[nH]nc21. The van der Waals surface area contributed by atoms with Crippen LogP contribution in [0.15, 0.2) is 5.03 Å². The summed E-state index contributed by atoms with van der Waals surface area (Å²) in [6.45, 7) is 0.201. The number of H-pyrrole nitrogens is 1. The number of hydrogen-bond donors (Lipinski definition) is 2. The Kier molecular flexibility index (Phi) is 1.65. The smallest absolute Gasteiger partial charge is 0.237 e. The summed E-state index contributed by atoms with van der Waals surface area (Å²) in [6, 6.07) is 0. The fourth-order valence-electron chi connectivity index (χ4n) is 1.03. The molecule has 6 nitrogen and oxygen atoms in total. The predicted octanol–water partition coefficient (Wildman–Crippen LogP) is -0.840. The van der Waals surface area contributed by atoms with Crippen LogP contribution in [0.4, 0.5) is 5.82 Å². The number of nitrogens with two attached hydrogens (primary N) is 1. The largest absolute Gasteiger partial charge is 0.368 e. The van der Waals surface area contributed by atoms with E-state index in [1.165, 1.54) is 11.8 Å². The van der Waals surface area contributed by atoms with Gasteiger partial charge in [0.1, 0.15) is 0 Å². The highest BCUT2D eigenvalue weighted by atomic mass is 32.2. The van der Waals surface area contributed by atoms with Crippen LogP contribution in [-0.2, 0) is 4.79 Å². The zero-order chi connectivity index (χ0) is 8.55. The first-order valence-corrected chi connectivity index (χ1v) is 4.33. The van der Waals surface area contributed by atoms with E-state index >= 15 is 0 Å². The van der Waals surface area contributed by atoms with E-state index in [0.717, 1.165) is 10.8 Å². The molecule has 64 valence electrons. The van der Waals surface area contributed by atoms with Gasteiger partial charge in [-0.05, 0) is 0 Å². The lowest BCUT2D eigenvalue weighted by Crippen LogP contribution is -2.31. The molecule has 3 N–H and O–H groups in total. The van der Waals surface area contributed by atoms with Crippen LogP contribution in [-0.4, -0.2) is 33.7 Å². The van der Waals surface area contributed by atoms with Crippen LogP contribution >= 0.6 is 11.8 Å². The Hall–Kier alpha value is -1.24. The molecule has 1 amide bonds. The highest BCUT2D eigenvalue weighted by Gasteiger charge is 2.24. The molecule has 0 spiro atoms. The molecule has 7 heteroatoms. The van der Waals surface area contributed by atoms with Crippen molar-refractivity contribution in [2.24, 2.45) is 5.73 Å². The number of fused-ring (bicyclic) bond motifs is 1. The molecule has 1 aromatic rings. The lowest BCUT2D eigenvalue weighted by atomic mass is 10.5. The third-order valence-electron chi connectivity index (χ3n) is 1.50. The quantitative estimate of drug-likeness (QED) is 0.627. The third-order valence-corrected chi connectivity index (χ3v) is 2.49. The van der Waals surface area contributed by atoms with E-state index in [1.807, 2.05) is 0 Å². The molecule has 0 aliphatic carbocycles. The van der Waals surface area contributed by atoms with Crippen LogP contribution in [0.1, 0.15) is 0 Å². The molecule has 2 heterocycles. The first-order valence-electron chi connectivity index (χ1n) is 3.34. The molecule has 0 saturated carbocycles. The number of amides is 1. The Morgan fingerprint density at radius 2 is 2.58 bits per heavy atom. The summed E-state index contributed by atoms with van der Waals surface area (Å²) >= 11 is 1.54. The summed E-state index contributed by atoms with van der Waals surface area (Å²) in [6.07, 6.45) is 0. The summed E-state index contributed by atoms with van der Waals surface area (Å²) < 4.78 is 0. The number of nitrogens with zero attached hydrogens (tertiary/aromatic N) is 3. The molecule has 12 heavy (non-hydrogen) atoms. The van der Waals surface area contributed by atoms with Gasteiger partial charge in [0.2, 0.25) is 5.91 Å². The Morgan fingerprint density at radius 1 is 1.75 bits per heavy atom. The molecule has 0 bridgehead atoms.